The van der Waals surface area contributed by atoms with Crippen LogP contribution in [0.2, 0.25) is 0 Å². The third-order valence-electron chi connectivity index (χ3n) is 4.02. The van der Waals surface area contributed by atoms with Gasteiger partial charge in [-0.1, -0.05) is 24.3 Å². The maximum absolute atomic E-state index is 14.4. The van der Waals surface area contributed by atoms with E-state index in [4.69, 9.17) is 4.74 Å². The van der Waals surface area contributed by atoms with Crippen LogP contribution in [0.4, 0.5) is 4.39 Å². The van der Waals surface area contributed by atoms with Crippen molar-refractivity contribution in [2.75, 3.05) is 6.26 Å². The summed E-state index contributed by atoms with van der Waals surface area (Å²) in [6.07, 6.45) is 4.29. The van der Waals surface area contributed by atoms with E-state index in [1.165, 1.54) is 12.3 Å². The lowest BCUT2D eigenvalue weighted by Crippen LogP contribution is -2.32. The second kappa shape index (κ2) is 7.67. The van der Waals surface area contributed by atoms with Crippen LogP contribution in [0, 0.1) is 0 Å². The van der Waals surface area contributed by atoms with E-state index in [9.17, 15) is 17.6 Å². The van der Waals surface area contributed by atoms with Crippen LogP contribution in [-0.2, 0) is 15.5 Å². The van der Waals surface area contributed by atoms with E-state index >= 15 is 0 Å². The maximum atomic E-state index is 14.4. The molecule has 7 nitrogen and oxygen atoms in total. The quantitative estimate of drug-likeness (QED) is 0.761. The van der Waals surface area contributed by atoms with Crippen molar-refractivity contribution in [2.24, 2.45) is 0 Å². The predicted octanol–water partition coefficient (Wildman–Crippen LogP) is 2.90. The monoisotopic (exact) mass is 405 g/mol. The Labute approximate surface area is 162 Å². The minimum atomic E-state index is -3.31. The molecule has 9 heteroatoms. The van der Waals surface area contributed by atoms with Gasteiger partial charge in [0.05, 0.1) is 0 Å². The van der Waals surface area contributed by atoms with Gasteiger partial charge in [-0.15, -0.1) is 0 Å². The lowest BCUT2D eigenvalue weighted by molar-refractivity contribution is 0.0943. The highest BCUT2D eigenvalue weighted by molar-refractivity contribution is 7.93. The van der Waals surface area contributed by atoms with E-state index in [0.29, 0.717) is 18.6 Å². The maximum Gasteiger partial charge on any atom is 0.258 e. The zero-order chi connectivity index (χ0) is 20.4. The van der Waals surface area contributed by atoms with Gasteiger partial charge in [0.15, 0.2) is 21.3 Å². The van der Waals surface area contributed by atoms with E-state index in [0.717, 1.165) is 11.7 Å². The molecule has 1 aliphatic carbocycles. The average molecular weight is 405 g/mol. The Hall–Kier alpha value is -2.81. The highest BCUT2D eigenvalue weighted by atomic mass is 32.2. The Bertz CT molecular complexity index is 1010. The fourth-order valence-electron chi connectivity index (χ4n) is 2.34. The molecule has 2 aromatic rings. The molecular formula is C19H20FN3O4S. The molecule has 1 aromatic heterocycles. The number of carbonyl (C=O) groups excluding carboxylic acids is 1. The van der Waals surface area contributed by atoms with Gasteiger partial charge < -0.3 is 10.1 Å². The molecule has 1 heterocycles. The van der Waals surface area contributed by atoms with Crippen LogP contribution in [0.3, 0.4) is 0 Å². The number of halogens is 1. The molecule has 0 unspecified atom stereocenters. The van der Waals surface area contributed by atoms with Gasteiger partial charge in [-0.2, -0.15) is 4.98 Å². The minimum absolute atomic E-state index is 0.0139. The molecule has 148 valence electrons. The van der Waals surface area contributed by atoms with Gasteiger partial charge in [-0.3, -0.25) is 4.79 Å². The first-order chi connectivity index (χ1) is 13.2. The third-order valence-corrected chi connectivity index (χ3v) is 4.67. The highest BCUT2D eigenvalue weighted by Crippen LogP contribution is 2.48. The summed E-state index contributed by atoms with van der Waals surface area (Å²) in [6, 6.07) is 8.12. The molecule has 28 heavy (non-hydrogen) atoms. The summed E-state index contributed by atoms with van der Waals surface area (Å²) in [5.74, 6) is -0.196. The fraction of sp³-hybridized carbons (Fsp3) is 0.316. The number of nitrogens with one attached hydrogen (secondary N) is 1. The molecule has 1 aliphatic rings. The lowest BCUT2D eigenvalue weighted by atomic mass is 10.2. The molecule has 1 atom stereocenters. The average Bonchev–Trinajstić information content (AvgIpc) is 3.39. The third kappa shape index (κ3) is 5.13. The van der Waals surface area contributed by atoms with Gasteiger partial charge >= 0.3 is 0 Å². The van der Waals surface area contributed by atoms with Crippen LogP contribution in [0.5, 0.6) is 11.6 Å². The summed E-state index contributed by atoms with van der Waals surface area (Å²) in [5, 5.41) is 3.64. The summed E-state index contributed by atoms with van der Waals surface area (Å²) in [6.45, 7) is 1.62. The summed E-state index contributed by atoms with van der Waals surface area (Å²) >= 11 is 0. The largest absolute Gasteiger partial charge is 0.438 e. The summed E-state index contributed by atoms with van der Waals surface area (Å²) in [5.41, 5.74) is -1.55. The molecule has 1 N–H and O–H groups in total. The van der Waals surface area contributed by atoms with Crippen molar-refractivity contribution >= 4 is 15.7 Å². The molecule has 1 amide bonds. The van der Waals surface area contributed by atoms with Crippen LogP contribution in [0.25, 0.3) is 0 Å². The lowest BCUT2D eigenvalue weighted by Gasteiger charge is -2.14. The Balaban J connectivity index is 1.86. The minimum Gasteiger partial charge on any atom is -0.438 e. The molecule has 1 aromatic carbocycles. The number of hydrogen-bond acceptors (Lipinski definition) is 6. The Morgan fingerprint density at radius 1 is 1.32 bits per heavy atom. The van der Waals surface area contributed by atoms with E-state index in [2.05, 4.69) is 15.3 Å². The van der Waals surface area contributed by atoms with Crippen molar-refractivity contribution in [3.8, 4) is 11.6 Å². The first-order valence-corrected chi connectivity index (χ1v) is 10.6. The number of alkyl halides is 1. The molecule has 0 bridgehead atoms. The fourth-order valence-corrected chi connectivity index (χ4v) is 2.86. The number of amides is 1. The van der Waals surface area contributed by atoms with Gasteiger partial charge in [0.2, 0.25) is 5.88 Å². The van der Waals surface area contributed by atoms with E-state index < -0.39 is 27.5 Å². The number of aromatic nitrogens is 2. The normalized spacial score (nSPS) is 16.5. The molecule has 0 radical (unpaired) electrons. The molecule has 0 aliphatic heterocycles. The van der Waals surface area contributed by atoms with Gasteiger partial charge in [0.1, 0.15) is 11.3 Å². The van der Waals surface area contributed by atoms with Gasteiger partial charge in [-0.25, -0.2) is 17.8 Å². The van der Waals surface area contributed by atoms with Crippen LogP contribution in [-0.4, -0.2) is 36.6 Å². The number of nitrogens with zero attached hydrogens (tertiary/aromatic N) is 2. The zero-order valence-corrected chi connectivity index (χ0v) is 16.2. The van der Waals surface area contributed by atoms with Crippen molar-refractivity contribution in [3.63, 3.8) is 0 Å². The van der Waals surface area contributed by atoms with E-state index in [1.54, 1.807) is 31.2 Å². The van der Waals surface area contributed by atoms with Gasteiger partial charge in [-0.05, 0) is 31.9 Å². The van der Waals surface area contributed by atoms with Crippen molar-refractivity contribution in [1.82, 2.24) is 15.3 Å². The number of sulfone groups is 1. The molecule has 3 rings (SSSR count). The van der Waals surface area contributed by atoms with Crippen LogP contribution < -0.4 is 10.1 Å². The molecule has 1 saturated carbocycles. The van der Waals surface area contributed by atoms with Crippen molar-refractivity contribution in [2.45, 2.75) is 31.5 Å². The zero-order valence-electron chi connectivity index (χ0n) is 15.4. The molecule has 0 saturated heterocycles. The van der Waals surface area contributed by atoms with Crippen molar-refractivity contribution in [1.29, 1.82) is 0 Å². The number of ether oxygens (including phenoxy) is 1. The summed E-state index contributed by atoms with van der Waals surface area (Å²) < 4.78 is 42.5. The Morgan fingerprint density at radius 3 is 2.61 bits per heavy atom. The standard InChI is InChI=1S/C19H20FN3O4S/c1-13(8-11-28(2,25)26)22-16(24)15-12-21-18(19(20)9-10-19)23-17(15)27-14-6-4-3-5-7-14/h3-8,11-13H,9-10H2,1-2H3,(H,22,24)/b11-8+/t13-/m0/s1. The summed E-state index contributed by atoms with van der Waals surface area (Å²) in [4.78, 5) is 20.7. The smallest absolute Gasteiger partial charge is 0.258 e. The Kier molecular flexibility index (Phi) is 5.46. The number of hydrogen-bond donors (Lipinski definition) is 1. The molecule has 1 fully saturated rings. The van der Waals surface area contributed by atoms with Gasteiger partial charge in [0.25, 0.3) is 5.91 Å². The number of carbonyl (C=O) groups is 1. The van der Waals surface area contributed by atoms with Crippen LogP contribution in [0.15, 0.2) is 48.0 Å². The first-order valence-electron chi connectivity index (χ1n) is 8.65. The molecule has 0 spiro atoms. The topological polar surface area (TPSA) is 98.2 Å². The van der Waals surface area contributed by atoms with Crippen molar-refractivity contribution in [3.05, 3.63) is 59.4 Å². The first kappa shape index (κ1) is 19.9. The number of rotatable bonds is 7. The van der Waals surface area contributed by atoms with E-state index in [1.807, 2.05) is 6.07 Å². The van der Waals surface area contributed by atoms with Crippen molar-refractivity contribution < 1.29 is 22.3 Å². The highest BCUT2D eigenvalue weighted by Gasteiger charge is 2.48. The predicted molar refractivity (Wildman–Crippen MR) is 101 cm³/mol. The second-order valence-electron chi connectivity index (χ2n) is 6.71. The SMILES string of the molecule is C[C@@H](/C=C/S(C)(=O)=O)NC(=O)c1cnc(C2(F)CC2)nc1Oc1ccccc1. The van der Waals surface area contributed by atoms with Crippen LogP contribution in [0.1, 0.15) is 35.9 Å². The van der Waals surface area contributed by atoms with Crippen LogP contribution >= 0.6 is 0 Å². The molecular weight excluding hydrogens is 385 g/mol. The van der Waals surface area contributed by atoms with E-state index in [-0.39, 0.29) is 17.3 Å². The number of benzene rings is 1. The Morgan fingerprint density at radius 2 is 2.00 bits per heavy atom. The summed E-state index contributed by atoms with van der Waals surface area (Å²) in [7, 11) is -3.31. The number of para-hydroxylation sites is 1. The second-order valence-corrected chi connectivity index (χ2v) is 8.64. The van der Waals surface area contributed by atoms with Gasteiger partial charge in [0, 0.05) is 23.9 Å².